The molecule has 2 atom stereocenters. The van der Waals surface area contributed by atoms with Crippen LogP contribution in [0.3, 0.4) is 0 Å². The van der Waals surface area contributed by atoms with Gasteiger partial charge in [-0.05, 0) is 58.0 Å². The van der Waals surface area contributed by atoms with Crippen LogP contribution in [0.1, 0.15) is 53.4 Å². The van der Waals surface area contributed by atoms with Crippen molar-refractivity contribution >= 4 is 0 Å². The first-order chi connectivity index (χ1) is 7.49. The SMILES string of the molecule is CC(C)N1CCCC(NC2CC2(C)C)CC1. The molecule has 0 amide bonds. The first kappa shape index (κ1) is 12.4. The van der Waals surface area contributed by atoms with Crippen molar-refractivity contribution in [2.75, 3.05) is 13.1 Å². The van der Waals surface area contributed by atoms with E-state index in [2.05, 4.69) is 37.9 Å². The van der Waals surface area contributed by atoms with Gasteiger partial charge in [0.15, 0.2) is 0 Å². The Morgan fingerprint density at radius 2 is 1.88 bits per heavy atom. The molecule has 94 valence electrons. The first-order valence-corrected chi connectivity index (χ1v) is 6.99. The predicted molar refractivity (Wildman–Crippen MR) is 69.7 cm³/mol. The largest absolute Gasteiger partial charge is 0.311 e. The Balaban J connectivity index is 1.76. The van der Waals surface area contributed by atoms with E-state index in [0.717, 1.165) is 18.1 Å². The fourth-order valence-corrected chi connectivity index (χ4v) is 2.84. The highest BCUT2D eigenvalue weighted by Gasteiger charge is 2.46. The number of nitrogens with zero attached hydrogens (tertiary/aromatic N) is 1. The molecule has 0 aromatic carbocycles. The Bertz CT molecular complexity index is 235. The molecule has 2 aliphatic rings. The number of hydrogen-bond acceptors (Lipinski definition) is 2. The highest BCUT2D eigenvalue weighted by molar-refractivity contribution is 5.02. The molecule has 0 bridgehead atoms. The lowest BCUT2D eigenvalue weighted by atomic mass is 10.1. The van der Waals surface area contributed by atoms with Crippen molar-refractivity contribution in [2.45, 2.75) is 71.5 Å². The quantitative estimate of drug-likeness (QED) is 0.793. The van der Waals surface area contributed by atoms with E-state index in [0.29, 0.717) is 5.41 Å². The van der Waals surface area contributed by atoms with Gasteiger partial charge in [-0.25, -0.2) is 0 Å². The van der Waals surface area contributed by atoms with Crippen LogP contribution in [0, 0.1) is 5.41 Å². The molecule has 16 heavy (non-hydrogen) atoms. The summed E-state index contributed by atoms with van der Waals surface area (Å²) in [7, 11) is 0. The smallest absolute Gasteiger partial charge is 0.0127 e. The van der Waals surface area contributed by atoms with E-state index < -0.39 is 0 Å². The zero-order chi connectivity index (χ0) is 11.8. The normalized spacial score (nSPS) is 35.1. The second kappa shape index (κ2) is 4.66. The van der Waals surface area contributed by atoms with Crippen LogP contribution < -0.4 is 5.32 Å². The Labute approximate surface area is 101 Å². The lowest BCUT2D eigenvalue weighted by molar-refractivity contribution is 0.228. The average Bonchev–Trinajstić information content (AvgIpc) is 2.84. The summed E-state index contributed by atoms with van der Waals surface area (Å²) in [5, 5.41) is 3.86. The maximum atomic E-state index is 3.86. The number of likely N-dealkylation sites (tertiary alicyclic amines) is 1. The molecule has 0 aromatic heterocycles. The van der Waals surface area contributed by atoms with Crippen LogP contribution in [0.2, 0.25) is 0 Å². The number of hydrogen-bond donors (Lipinski definition) is 1. The molecular weight excluding hydrogens is 196 g/mol. The molecule has 0 aromatic rings. The van der Waals surface area contributed by atoms with Crippen molar-refractivity contribution < 1.29 is 0 Å². The first-order valence-electron chi connectivity index (χ1n) is 6.99. The third kappa shape index (κ3) is 2.98. The molecule has 1 saturated carbocycles. The maximum Gasteiger partial charge on any atom is 0.0127 e. The highest BCUT2D eigenvalue weighted by atomic mass is 15.2. The molecule has 1 aliphatic heterocycles. The van der Waals surface area contributed by atoms with Gasteiger partial charge >= 0.3 is 0 Å². The van der Waals surface area contributed by atoms with Crippen molar-refractivity contribution in [2.24, 2.45) is 5.41 Å². The molecule has 2 nitrogen and oxygen atoms in total. The Kier molecular flexibility index (Phi) is 3.60. The summed E-state index contributed by atoms with van der Waals surface area (Å²) in [6.07, 6.45) is 5.45. The van der Waals surface area contributed by atoms with E-state index in [9.17, 15) is 0 Å². The van der Waals surface area contributed by atoms with Crippen LogP contribution in [0.5, 0.6) is 0 Å². The summed E-state index contributed by atoms with van der Waals surface area (Å²) in [6, 6.07) is 2.29. The lowest BCUT2D eigenvalue weighted by Crippen LogP contribution is -2.35. The third-order valence-corrected chi connectivity index (χ3v) is 4.44. The van der Waals surface area contributed by atoms with Crippen molar-refractivity contribution in [1.29, 1.82) is 0 Å². The molecule has 2 unspecified atom stereocenters. The summed E-state index contributed by atoms with van der Waals surface area (Å²) in [6.45, 7) is 12.0. The summed E-state index contributed by atoms with van der Waals surface area (Å²) in [4.78, 5) is 2.62. The number of rotatable bonds is 3. The Morgan fingerprint density at radius 1 is 1.19 bits per heavy atom. The van der Waals surface area contributed by atoms with Gasteiger partial charge in [0.2, 0.25) is 0 Å². The second-order valence-electron chi connectivity index (χ2n) is 6.67. The highest BCUT2D eigenvalue weighted by Crippen LogP contribution is 2.45. The van der Waals surface area contributed by atoms with Crippen LogP contribution >= 0.6 is 0 Å². The average molecular weight is 224 g/mol. The van der Waals surface area contributed by atoms with Gasteiger partial charge in [-0.2, -0.15) is 0 Å². The summed E-state index contributed by atoms with van der Waals surface area (Å²) in [5.74, 6) is 0. The molecule has 0 spiro atoms. The van der Waals surface area contributed by atoms with Crippen molar-refractivity contribution in [3.63, 3.8) is 0 Å². The summed E-state index contributed by atoms with van der Waals surface area (Å²) < 4.78 is 0. The van der Waals surface area contributed by atoms with Crippen LogP contribution in [-0.4, -0.2) is 36.1 Å². The van der Waals surface area contributed by atoms with E-state index >= 15 is 0 Å². The fraction of sp³-hybridized carbons (Fsp3) is 1.00. The van der Waals surface area contributed by atoms with Crippen LogP contribution in [-0.2, 0) is 0 Å². The third-order valence-electron chi connectivity index (χ3n) is 4.44. The number of nitrogens with one attached hydrogen (secondary N) is 1. The zero-order valence-corrected chi connectivity index (χ0v) is 11.4. The molecule has 2 heteroatoms. The van der Waals surface area contributed by atoms with Gasteiger partial charge in [0.1, 0.15) is 0 Å². The Hall–Kier alpha value is -0.0800. The van der Waals surface area contributed by atoms with Gasteiger partial charge < -0.3 is 10.2 Å². The standard InChI is InChI=1S/C14H28N2/c1-11(2)16-8-5-6-12(7-9-16)15-13-10-14(13,3)4/h11-13,15H,5-10H2,1-4H3. The molecule has 2 rings (SSSR count). The molecule has 2 fully saturated rings. The van der Waals surface area contributed by atoms with E-state index in [1.54, 1.807) is 0 Å². The van der Waals surface area contributed by atoms with E-state index in [-0.39, 0.29) is 0 Å². The summed E-state index contributed by atoms with van der Waals surface area (Å²) >= 11 is 0. The second-order valence-corrected chi connectivity index (χ2v) is 6.67. The van der Waals surface area contributed by atoms with Gasteiger partial charge in [0.25, 0.3) is 0 Å². The van der Waals surface area contributed by atoms with E-state index in [1.165, 1.54) is 38.8 Å². The minimum absolute atomic E-state index is 0.573. The molecule has 1 heterocycles. The lowest BCUT2D eigenvalue weighted by Gasteiger charge is -2.24. The van der Waals surface area contributed by atoms with Gasteiger partial charge in [-0.3, -0.25) is 0 Å². The molecule has 1 saturated heterocycles. The van der Waals surface area contributed by atoms with Crippen LogP contribution in [0.25, 0.3) is 0 Å². The molecule has 1 N–H and O–H groups in total. The minimum Gasteiger partial charge on any atom is -0.311 e. The minimum atomic E-state index is 0.573. The van der Waals surface area contributed by atoms with Crippen molar-refractivity contribution in [3.8, 4) is 0 Å². The topological polar surface area (TPSA) is 15.3 Å². The molecular formula is C14H28N2. The fourth-order valence-electron chi connectivity index (χ4n) is 2.84. The Morgan fingerprint density at radius 3 is 2.44 bits per heavy atom. The zero-order valence-electron chi connectivity index (χ0n) is 11.4. The molecule has 0 radical (unpaired) electrons. The van der Waals surface area contributed by atoms with Gasteiger partial charge in [-0.1, -0.05) is 13.8 Å². The van der Waals surface area contributed by atoms with Crippen molar-refractivity contribution in [3.05, 3.63) is 0 Å². The maximum absolute atomic E-state index is 3.86. The monoisotopic (exact) mass is 224 g/mol. The van der Waals surface area contributed by atoms with Crippen LogP contribution in [0.15, 0.2) is 0 Å². The van der Waals surface area contributed by atoms with E-state index in [1.807, 2.05) is 0 Å². The van der Waals surface area contributed by atoms with Gasteiger partial charge in [0.05, 0.1) is 0 Å². The van der Waals surface area contributed by atoms with E-state index in [4.69, 9.17) is 0 Å². The summed E-state index contributed by atoms with van der Waals surface area (Å²) in [5.41, 5.74) is 0.573. The van der Waals surface area contributed by atoms with Gasteiger partial charge in [0, 0.05) is 18.1 Å². The van der Waals surface area contributed by atoms with Gasteiger partial charge in [-0.15, -0.1) is 0 Å². The molecule has 1 aliphatic carbocycles. The predicted octanol–water partition coefficient (Wildman–Crippen LogP) is 2.64. The van der Waals surface area contributed by atoms with Crippen molar-refractivity contribution in [1.82, 2.24) is 10.2 Å². The van der Waals surface area contributed by atoms with Crippen LogP contribution in [0.4, 0.5) is 0 Å².